The lowest BCUT2D eigenvalue weighted by molar-refractivity contribution is -0.141. The van der Waals surface area contributed by atoms with Crippen molar-refractivity contribution in [1.29, 1.82) is 0 Å². The Morgan fingerprint density at radius 1 is 1.62 bits per heavy atom. The zero-order valence-corrected chi connectivity index (χ0v) is 9.53. The molecule has 1 atom stereocenters. The molecule has 2 heterocycles. The molecule has 0 aliphatic carbocycles. The number of anilines is 1. The smallest absolute Gasteiger partial charge is 0.308 e. The zero-order chi connectivity index (χ0) is 11.7. The Kier molecular flexibility index (Phi) is 2.86. The standard InChI is InChI=1S/C9H11N3O3S/c1-2-6-10-11-9(16-6)12-4-5(8(14)15)3-7(12)13/h5H,2-4H2,1H3,(H,14,15)/t5-/m1/s1. The molecule has 1 amide bonds. The van der Waals surface area contributed by atoms with Crippen LogP contribution in [0.1, 0.15) is 18.4 Å². The van der Waals surface area contributed by atoms with Crippen LogP contribution in [0, 0.1) is 5.92 Å². The second kappa shape index (κ2) is 4.17. The monoisotopic (exact) mass is 241 g/mol. The molecule has 16 heavy (non-hydrogen) atoms. The minimum Gasteiger partial charge on any atom is -0.481 e. The van der Waals surface area contributed by atoms with Gasteiger partial charge in [-0.05, 0) is 6.42 Å². The molecule has 1 fully saturated rings. The van der Waals surface area contributed by atoms with Gasteiger partial charge in [0, 0.05) is 13.0 Å². The highest BCUT2D eigenvalue weighted by molar-refractivity contribution is 7.15. The van der Waals surface area contributed by atoms with Crippen molar-refractivity contribution >= 4 is 28.3 Å². The number of aliphatic carboxylic acids is 1. The van der Waals surface area contributed by atoms with Crippen LogP contribution in [0.3, 0.4) is 0 Å². The van der Waals surface area contributed by atoms with Gasteiger partial charge in [-0.2, -0.15) is 0 Å². The van der Waals surface area contributed by atoms with E-state index in [9.17, 15) is 9.59 Å². The van der Waals surface area contributed by atoms with Gasteiger partial charge in [0.05, 0.1) is 5.92 Å². The number of carboxylic acids is 1. The predicted octanol–water partition coefficient (Wildman–Crippen LogP) is 0.538. The van der Waals surface area contributed by atoms with E-state index in [1.165, 1.54) is 16.2 Å². The minimum absolute atomic E-state index is 0.0520. The van der Waals surface area contributed by atoms with Crippen LogP contribution in [-0.4, -0.2) is 33.7 Å². The van der Waals surface area contributed by atoms with Gasteiger partial charge in [0.25, 0.3) is 0 Å². The fourth-order valence-corrected chi connectivity index (χ4v) is 2.36. The van der Waals surface area contributed by atoms with Crippen molar-refractivity contribution in [2.24, 2.45) is 5.92 Å². The van der Waals surface area contributed by atoms with Crippen LogP contribution < -0.4 is 4.90 Å². The summed E-state index contributed by atoms with van der Waals surface area (Å²) in [6.45, 7) is 2.16. The SMILES string of the molecule is CCc1nnc(N2C[C@H](C(=O)O)CC2=O)s1. The maximum Gasteiger partial charge on any atom is 0.308 e. The van der Waals surface area contributed by atoms with Crippen molar-refractivity contribution in [2.45, 2.75) is 19.8 Å². The highest BCUT2D eigenvalue weighted by atomic mass is 32.1. The van der Waals surface area contributed by atoms with Gasteiger partial charge in [0.1, 0.15) is 5.01 Å². The lowest BCUT2D eigenvalue weighted by Gasteiger charge is -2.10. The maximum atomic E-state index is 11.6. The number of carboxylic acid groups (broad SMARTS) is 1. The first kappa shape index (κ1) is 11.0. The van der Waals surface area contributed by atoms with Gasteiger partial charge in [-0.25, -0.2) is 0 Å². The summed E-state index contributed by atoms with van der Waals surface area (Å²) in [6, 6.07) is 0. The van der Waals surface area contributed by atoms with Gasteiger partial charge in [-0.1, -0.05) is 18.3 Å². The lowest BCUT2D eigenvalue weighted by atomic mass is 10.1. The van der Waals surface area contributed by atoms with Crippen molar-refractivity contribution in [3.05, 3.63) is 5.01 Å². The average Bonchev–Trinajstić information content (AvgIpc) is 2.83. The molecule has 0 spiro atoms. The third kappa shape index (κ3) is 1.90. The summed E-state index contributed by atoms with van der Waals surface area (Å²) < 4.78 is 0. The van der Waals surface area contributed by atoms with Crippen LogP contribution in [0.2, 0.25) is 0 Å². The van der Waals surface area contributed by atoms with Crippen molar-refractivity contribution in [3.63, 3.8) is 0 Å². The molecule has 1 aliphatic heterocycles. The van der Waals surface area contributed by atoms with Crippen molar-refractivity contribution in [3.8, 4) is 0 Å². The first-order valence-corrected chi connectivity index (χ1v) is 5.79. The predicted molar refractivity (Wildman–Crippen MR) is 57.4 cm³/mol. The van der Waals surface area contributed by atoms with Gasteiger partial charge in [0.15, 0.2) is 0 Å². The molecule has 1 aliphatic rings. The van der Waals surface area contributed by atoms with Crippen molar-refractivity contribution in [1.82, 2.24) is 10.2 Å². The number of aromatic nitrogens is 2. The molecule has 7 heteroatoms. The molecule has 86 valence electrons. The Morgan fingerprint density at radius 3 is 2.88 bits per heavy atom. The maximum absolute atomic E-state index is 11.6. The zero-order valence-electron chi connectivity index (χ0n) is 8.71. The second-order valence-corrected chi connectivity index (χ2v) is 4.62. The fourth-order valence-electron chi connectivity index (χ4n) is 1.55. The van der Waals surface area contributed by atoms with Gasteiger partial charge < -0.3 is 5.11 Å². The summed E-state index contributed by atoms with van der Waals surface area (Å²) >= 11 is 1.34. The number of carbonyl (C=O) groups excluding carboxylic acids is 1. The summed E-state index contributed by atoms with van der Waals surface area (Å²) in [5.74, 6) is -1.75. The Balaban J connectivity index is 2.16. The van der Waals surface area contributed by atoms with Gasteiger partial charge in [-0.3, -0.25) is 14.5 Å². The molecular formula is C9H11N3O3S. The molecule has 0 unspecified atom stereocenters. The summed E-state index contributed by atoms with van der Waals surface area (Å²) in [5.41, 5.74) is 0. The summed E-state index contributed by atoms with van der Waals surface area (Å²) in [4.78, 5) is 23.8. The van der Waals surface area contributed by atoms with Crippen LogP contribution in [0.15, 0.2) is 0 Å². The Labute approximate surface area is 95.9 Å². The number of aryl methyl sites for hydroxylation is 1. The van der Waals surface area contributed by atoms with E-state index < -0.39 is 11.9 Å². The van der Waals surface area contributed by atoms with Crippen molar-refractivity contribution in [2.75, 3.05) is 11.4 Å². The Hall–Kier alpha value is -1.50. The molecule has 1 aromatic rings. The molecule has 6 nitrogen and oxygen atoms in total. The Morgan fingerprint density at radius 2 is 2.38 bits per heavy atom. The molecule has 2 rings (SSSR count). The van der Waals surface area contributed by atoms with Crippen molar-refractivity contribution < 1.29 is 14.7 Å². The number of amides is 1. The summed E-state index contributed by atoms with van der Waals surface area (Å²) in [6.07, 6.45) is 0.818. The van der Waals surface area contributed by atoms with Crippen LogP contribution in [0.25, 0.3) is 0 Å². The van der Waals surface area contributed by atoms with E-state index in [0.29, 0.717) is 5.13 Å². The van der Waals surface area contributed by atoms with Crippen LogP contribution in [-0.2, 0) is 16.0 Å². The number of hydrogen-bond acceptors (Lipinski definition) is 5. The molecule has 0 radical (unpaired) electrons. The molecule has 1 N–H and O–H groups in total. The number of hydrogen-bond donors (Lipinski definition) is 1. The molecule has 0 saturated carbocycles. The topological polar surface area (TPSA) is 83.4 Å². The molecular weight excluding hydrogens is 230 g/mol. The lowest BCUT2D eigenvalue weighted by Crippen LogP contribution is -2.25. The molecule has 1 aromatic heterocycles. The van der Waals surface area contributed by atoms with E-state index in [2.05, 4.69) is 10.2 Å². The third-order valence-corrected chi connectivity index (χ3v) is 3.55. The van der Waals surface area contributed by atoms with E-state index in [0.717, 1.165) is 11.4 Å². The van der Waals surface area contributed by atoms with Crippen LogP contribution in [0.4, 0.5) is 5.13 Å². The van der Waals surface area contributed by atoms with Crippen LogP contribution >= 0.6 is 11.3 Å². The van der Waals surface area contributed by atoms with E-state index in [4.69, 9.17) is 5.11 Å². The third-order valence-electron chi connectivity index (χ3n) is 2.46. The van der Waals surface area contributed by atoms with E-state index in [1.807, 2.05) is 6.92 Å². The number of rotatable bonds is 3. The summed E-state index contributed by atoms with van der Waals surface area (Å²) in [5, 5.41) is 18.0. The fraction of sp³-hybridized carbons (Fsp3) is 0.556. The second-order valence-electron chi connectivity index (χ2n) is 3.58. The van der Waals surface area contributed by atoms with E-state index in [-0.39, 0.29) is 18.9 Å². The van der Waals surface area contributed by atoms with Crippen LogP contribution in [0.5, 0.6) is 0 Å². The van der Waals surface area contributed by atoms with E-state index >= 15 is 0 Å². The minimum atomic E-state index is -0.934. The van der Waals surface area contributed by atoms with Gasteiger partial charge >= 0.3 is 5.97 Å². The van der Waals surface area contributed by atoms with Gasteiger partial charge in [0.2, 0.25) is 11.0 Å². The molecule has 1 saturated heterocycles. The normalized spacial score (nSPS) is 20.4. The molecule has 0 bridgehead atoms. The average molecular weight is 241 g/mol. The first-order valence-electron chi connectivity index (χ1n) is 4.97. The first-order chi connectivity index (χ1) is 7.61. The quantitative estimate of drug-likeness (QED) is 0.835. The largest absolute Gasteiger partial charge is 0.481 e. The van der Waals surface area contributed by atoms with Gasteiger partial charge in [-0.15, -0.1) is 10.2 Å². The van der Waals surface area contributed by atoms with E-state index in [1.54, 1.807) is 0 Å². The summed E-state index contributed by atoms with van der Waals surface area (Å²) in [7, 11) is 0. The number of nitrogens with zero attached hydrogens (tertiary/aromatic N) is 3. The number of carbonyl (C=O) groups is 2. The highest BCUT2D eigenvalue weighted by Gasteiger charge is 2.36. The Bertz CT molecular complexity index is 431. The highest BCUT2D eigenvalue weighted by Crippen LogP contribution is 2.27. The molecule has 0 aromatic carbocycles.